The molecule has 1 aromatic carbocycles. The van der Waals surface area contributed by atoms with Crippen molar-refractivity contribution in [3.05, 3.63) is 40.3 Å². The second-order valence-electron chi connectivity index (χ2n) is 2.76. The lowest BCUT2D eigenvalue weighted by Crippen LogP contribution is -2.00. The van der Waals surface area contributed by atoms with E-state index in [9.17, 15) is 8.42 Å². The minimum atomic E-state index is -3.44. The number of halogens is 1. The zero-order valence-corrected chi connectivity index (χ0v) is 10.6. The van der Waals surface area contributed by atoms with E-state index >= 15 is 0 Å². The van der Waals surface area contributed by atoms with Crippen molar-refractivity contribution >= 4 is 37.1 Å². The zero-order chi connectivity index (χ0) is 10.9. The van der Waals surface area contributed by atoms with Gasteiger partial charge in [0.15, 0.2) is 0 Å². The molecule has 0 aliphatic carbocycles. The first-order valence-corrected chi connectivity index (χ1v) is 7.16. The Bertz CT molecular complexity index is 564. The van der Waals surface area contributed by atoms with Crippen LogP contribution < -0.4 is 0 Å². The molecular formula is C9H6BrNO2S2. The third-order valence-electron chi connectivity index (χ3n) is 1.75. The van der Waals surface area contributed by atoms with Gasteiger partial charge in [0.25, 0.3) is 0 Å². The van der Waals surface area contributed by atoms with E-state index in [1.165, 1.54) is 6.20 Å². The Labute approximate surface area is 99.8 Å². The van der Waals surface area contributed by atoms with Crippen molar-refractivity contribution in [2.45, 2.75) is 9.24 Å². The van der Waals surface area contributed by atoms with Crippen LogP contribution in [0.3, 0.4) is 0 Å². The molecule has 0 spiro atoms. The van der Waals surface area contributed by atoms with Crippen LogP contribution in [0.15, 0.2) is 49.6 Å². The van der Waals surface area contributed by atoms with E-state index in [1.54, 1.807) is 29.6 Å². The summed E-state index contributed by atoms with van der Waals surface area (Å²) in [7, 11) is -3.44. The van der Waals surface area contributed by atoms with E-state index in [0.717, 1.165) is 15.8 Å². The molecular weight excluding hydrogens is 298 g/mol. The minimum Gasteiger partial charge on any atom is -0.233 e. The molecule has 0 amide bonds. The topological polar surface area (TPSA) is 47.0 Å². The van der Waals surface area contributed by atoms with Crippen LogP contribution in [0, 0.1) is 0 Å². The van der Waals surface area contributed by atoms with Crippen LogP contribution in [0.5, 0.6) is 0 Å². The molecule has 0 N–H and O–H groups in total. The maximum atomic E-state index is 12.0. The van der Waals surface area contributed by atoms with E-state index in [-0.39, 0.29) is 9.24 Å². The summed E-state index contributed by atoms with van der Waals surface area (Å²) >= 11 is 4.35. The Kier molecular flexibility index (Phi) is 2.90. The Morgan fingerprint density at radius 3 is 2.73 bits per heavy atom. The molecule has 0 aliphatic rings. The summed E-state index contributed by atoms with van der Waals surface area (Å²) in [6.45, 7) is 0. The van der Waals surface area contributed by atoms with Gasteiger partial charge in [-0.05, 0) is 18.2 Å². The normalized spacial score (nSPS) is 11.5. The summed E-state index contributed by atoms with van der Waals surface area (Å²) < 4.78 is 24.8. The summed E-state index contributed by atoms with van der Waals surface area (Å²) in [6.07, 6.45) is 1.48. The lowest BCUT2D eigenvalue weighted by molar-refractivity contribution is 0.595. The van der Waals surface area contributed by atoms with Crippen LogP contribution in [-0.4, -0.2) is 13.4 Å². The fourth-order valence-electron chi connectivity index (χ4n) is 1.08. The van der Waals surface area contributed by atoms with Gasteiger partial charge >= 0.3 is 0 Å². The standard InChI is InChI=1S/C9H6BrNO2S2/c10-7-2-1-3-8(6-7)15(12,13)9-11-4-5-14-9/h1-6H. The molecule has 0 bridgehead atoms. The first kappa shape index (κ1) is 10.8. The van der Waals surface area contributed by atoms with Gasteiger partial charge in [0.05, 0.1) is 4.90 Å². The molecule has 0 radical (unpaired) electrons. The van der Waals surface area contributed by atoms with Crippen molar-refractivity contribution in [2.75, 3.05) is 0 Å². The molecule has 0 atom stereocenters. The predicted octanol–water partition coefficient (Wildman–Crippen LogP) is 2.74. The van der Waals surface area contributed by atoms with Gasteiger partial charge < -0.3 is 0 Å². The average molecular weight is 304 g/mol. The van der Waals surface area contributed by atoms with Crippen LogP contribution >= 0.6 is 27.3 Å². The fourth-order valence-corrected chi connectivity index (χ4v) is 3.89. The number of nitrogens with zero attached hydrogens (tertiary/aromatic N) is 1. The molecule has 2 aromatic rings. The largest absolute Gasteiger partial charge is 0.233 e. The Morgan fingerprint density at radius 1 is 1.33 bits per heavy atom. The van der Waals surface area contributed by atoms with E-state index in [2.05, 4.69) is 20.9 Å². The number of hydrogen-bond acceptors (Lipinski definition) is 4. The number of benzene rings is 1. The molecule has 0 saturated carbocycles. The molecule has 78 valence electrons. The molecule has 1 heterocycles. The summed E-state index contributed by atoms with van der Waals surface area (Å²) in [4.78, 5) is 4.07. The van der Waals surface area contributed by atoms with E-state index in [4.69, 9.17) is 0 Å². The summed E-state index contributed by atoms with van der Waals surface area (Å²) in [5.74, 6) is 0. The molecule has 6 heteroatoms. The Balaban J connectivity index is 2.57. The first-order valence-electron chi connectivity index (χ1n) is 4.01. The average Bonchev–Trinajstić information content (AvgIpc) is 2.71. The number of sulfone groups is 1. The van der Waals surface area contributed by atoms with Crippen molar-refractivity contribution in [2.24, 2.45) is 0 Å². The Hall–Kier alpha value is -0.720. The molecule has 3 nitrogen and oxygen atoms in total. The van der Waals surface area contributed by atoms with Gasteiger partial charge in [0.1, 0.15) is 0 Å². The van der Waals surface area contributed by atoms with Gasteiger partial charge in [-0.1, -0.05) is 22.0 Å². The molecule has 0 fully saturated rings. The lowest BCUT2D eigenvalue weighted by Gasteiger charge is -2.00. The monoisotopic (exact) mass is 303 g/mol. The van der Waals surface area contributed by atoms with Gasteiger partial charge in [-0.15, -0.1) is 11.3 Å². The highest BCUT2D eigenvalue weighted by molar-refractivity contribution is 9.10. The smallest absolute Gasteiger partial charge is 0.233 e. The van der Waals surface area contributed by atoms with Crippen molar-refractivity contribution in [3.63, 3.8) is 0 Å². The van der Waals surface area contributed by atoms with Gasteiger partial charge in [0, 0.05) is 16.0 Å². The maximum Gasteiger partial charge on any atom is 0.233 e. The highest BCUT2D eigenvalue weighted by Gasteiger charge is 2.20. The minimum absolute atomic E-state index is 0.126. The van der Waals surface area contributed by atoms with Crippen LogP contribution in [0.25, 0.3) is 0 Å². The second-order valence-corrected chi connectivity index (χ2v) is 6.69. The number of hydrogen-bond donors (Lipinski definition) is 0. The third kappa shape index (κ3) is 2.11. The predicted molar refractivity (Wildman–Crippen MR) is 61.7 cm³/mol. The van der Waals surface area contributed by atoms with Crippen LogP contribution in [0.4, 0.5) is 0 Å². The maximum absolute atomic E-state index is 12.0. The van der Waals surface area contributed by atoms with E-state index < -0.39 is 9.84 Å². The molecule has 2 rings (SSSR count). The molecule has 1 aromatic heterocycles. The zero-order valence-electron chi connectivity index (χ0n) is 7.42. The highest BCUT2D eigenvalue weighted by Crippen LogP contribution is 2.24. The Morgan fingerprint density at radius 2 is 2.13 bits per heavy atom. The van der Waals surface area contributed by atoms with Crippen LogP contribution in [0.2, 0.25) is 0 Å². The summed E-state index contributed by atoms with van der Waals surface area (Å²) in [5.41, 5.74) is 0. The molecule has 15 heavy (non-hydrogen) atoms. The third-order valence-corrected chi connectivity index (χ3v) is 5.19. The number of rotatable bonds is 2. The lowest BCUT2D eigenvalue weighted by atomic mass is 10.4. The number of thiazole rings is 1. The van der Waals surface area contributed by atoms with Crippen molar-refractivity contribution < 1.29 is 8.42 Å². The SMILES string of the molecule is O=S(=O)(c1cccc(Br)c1)c1nccs1. The van der Waals surface area contributed by atoms with Crippen molar-refractivity contribution in [1.29, 1.82) is 0 Å². The first-order chi connectivity index (χ1) is 7.10. The summed E-state index contributed by atoms with van der Waals surface area (Å²) in [5, 5.41) is 1.64. The van der Waals surface area contributed by atoms with E-state index in [0.29, 0.717) is 0 Å². The van der Waals surface area contributed by atoms with Gasteiger partial charge in [-0.3, -0.25) is 0 Å². The van der Waals surface area contributed by atoms with Gasteiger partial charge in [0.2, 0.25) is 14.2 Å². The quantitative estimate of drug-likeness (QED) is 0.857. The fraction of sp³-hybridized carbons (Fsp3) is 0. The summed E-state index contributed by atoms with van der Waals surface area (Å²) in [6, 6.07) is 6.59. The van der Waals surface area contributed by atoms with Crippen molar-refractivity contribution in [1.82, 2.24) is 4.98 Å². The molecule has 0 unspecified atom stereocenters. The van der Waals surface area contributed by atoms with Gasteiger partial charge in [-0.25, -0.2) is 13.4 Å². The van der Waals surface area contributed by atoms with Crippen LogP contribution in [-0.2, 0) is 9.84 Å². The van der Waals surface area contributed by atoms with Gasteiger partial charge in [-0.2, -0.15) is 0 Å². The van der Waals surface area contributed by atoms with E-state index in [1.807, 2.05) is 0 Å². The second kappa shape index (κ2) is 4.03. The molecule has 0 saturated heterocycles. The highest BCUT2D eigenvalue weighted by atomic mass is 79.9. The van der Waals surface area contributed by atoms with Crippen molar-refractivity contribution in [3.8, 4) is 0 Å². The number of aromatic nitrogens is 1. The molecule has 0 aliphatic heterocycles. The van der Waals surface area contributed by atoms with Crippen LogP contribution in [0.1, 0.15) is 0 Å².